The molecule has 140 valence electrons. The van der Waals surface area contributed by atoms with Crippen LogP contribution in [0.15, 0.2) is 40.9 Å². The topological polar surface area (TPSA) is 95.6 Å². The fourth-order valence-corrected chi connectivity index (χ4v) is 2.95. The minimum absolute atomic E-state index is 0.0220. The molecule has 2 aromatic carbocycles. The van der Waals surface area contributed by atoms with E-state index in [0.717, 1.165) is 11.1 Å². The van der Waals surface area contributed by atoms with Gasteiger partial charge in [0, 0.05) is 18.6 Å². The van der Waals surface area contributed by atoms with Gasteiger partial charge in [-0.3, -0.25) is 10.1 Å². The Labute approximate surface area is 157 Å². The fraction of sp³-hybridized carbons (Fsp3) is 0.238. The molecule has 0 aliphatic heterocycles. The summed E-state index contributed by atoms with van der Waals surface area (Å²) in [6, 6.07) is 10.7. The lowest BCUT2D eigenvalue weighted by Crippen LogP contribution is -2.05. The number of hydrogen-bond acceptors (Lipinski definition) is 5. The zero-order chi connectivity index (χ0) is 19.7. The summed E-state index contributed by atoms with van der Waals surface area (Å²) >= 11 is 0. The van der Waals surface area contributed by atoms with Crippen LogP contribution in [0.3, 0.4) is 0 Å². The Morgan fingerprint density at radius 3 is 2.37 bits per heavy atom. The number of phenolic OH excluding ortho intramolecular Hbond substituents is 2. The maximum Gasteiger partial charge on any atom is 0.239 e. The van der Waals surface area contributed by atoms with Gasteiger partial charge >= 0.3 is 0 Å². The summed E-state index contributed by atoms with van der Waals surface area (Å²) in [4.78, 5) is 11.6. The van der Waals surface area contributed by atoms with E-state index in [1.165, 1.54) is 13.0 Å². The molecule has 1 aromatic heterocycles. The number of amides is 1. The van der Waals surface area contributed by atoms with E-state index in [2.05, 4.69) is 10.5 Å². The van der Waals surface area contributed by atoms with Gasteiger partial charge in [-0.05, 0) is 30.0 Å². The number of aromatic nitrogens is 1. The molecule has 0 atom stereocenters. The third-order valence-corrected chi connectivity index (χ3v) is 4.34. The molecular formula is C21H22N2O4. The zero-order valence-electron chi connectivity index (χ0n) is 15.7. The van der Waals surface area contributed by atoms with Crippen molar-refractivity contribution in [3.8, 4) is 33.9 Å². The van der Waals surface area contributed by atoms with Gasteiger partial charge in [-0.2, -0.15) is 0 Å². The Kier molecular flexibility index (Phi) is 4.90. The maximum atomic E-state index is 11.6. The van der Waals surface area contributed by atoms with Crippen LogP contribution in [0.25, 0.3) is 22.4 Å². The van der Waals surface area contributed by atoms with Crippen LogP contribution in [0.4, 0.5) is 5.88 Å². The molecule has 0 radical (unpaired) electrons. The molecular weight excluding hydrogens is 344 g/mol. The predicted molar refractivity (Wildman–Crippen MR) is 104 cm³/mol. The van der Waals surface area contributed by atoms with Crippen LogP contribution in [0, 0.1) is 6.92 Å². The average Bonchev–Trinajstić information content (AvgIpc) is 2.98. The second-order valence-electron chi connectivity index (χ2n) is 6.87. The Balaban J connectivity index is 2.25. The molecule has 6 nitrogen and oxygen atoms in total. The van der Waals surface area contributed by atoms with Gasteiger partial charge in [0.15, 0.2) is 0 Å². The summed E-state index contributed by atoms with van der Waals surface area (Å²) in [5, 5.41) is 27.3. The second kappa shape index (κ2) is 7.15. The van der Waals surface area contributed by atoms with E-state index in [9.17, 15) is 15.0 Å². The number of aromatic hydroxyl groups is 2. The number of phenols is 2. The second-order valence-corrected chi connectivity index (χ2v) is 6.87. The summed E-state index contributed by atoms with van der Waals surface area (Å²) in [6.07, 6.45) is 0. The summed E-state index contributed by atoms with van der Waals surface area (Å²) in [5.41, 5.74) is 3.95. The van der Waals surface area contributed by atoms with Gasteiger partial charge < -0.3 is 14.7 Å². The molecule has 1 heterocycles. The van der Waals surface area contributed by atoms with E-state index in [1.807, 2.05) is 45.0 Å². The standard InChI is InChI=1S/C21H22N2O4/c1-11(2)15-9-16(18(26)10-17(15)25)20-19(14-7-5-12(3)6-8-14)21(27-23-20)22-13(4)24/h5-11,25-26H,1-4H3,(H,22,24). The normalized spacial score (nSPS) is 11.0. The molecule has 0 saturated carbocycles. The van der Waals surface area contributed by atoms with Crippen molar-refractivity contribution in [1.29, 1.82) is 0 Å². The number of aryl methyl sites for hydroxylation is 1. The summed E-state index contributed by atoms with van der Waals surface area (Å²) < 4.78 is 5.38. The smallest absolute Gasteiger partial charge is 0.239 e. The maximum absolute atomic E-state index is 11.6. The summed E-state index contributed by atoms with van der Waals surface area (Å²) in [6.45, 7) is 7.26. The van der Waals surface area contributed by atoms with E-state index in [1.54, 1.807) is 6.07 Å². The van der Waals surface area contributed by atoms with Gasteiger partial charge in [-0.15, -0.1) is 0 Å². The molecule has 3 N–H and O–H groups in total. The lowest BCUT2D eigenvalue weighted by atomic mass is 9.94. The first-order valence-corrected chi connectivity index (χ1v) is 8.68. The lowest BCUT2D eigenvalue weighted by Gasteiger charge is -2.12. The third kappa shape index (κ3) is 3.65. The molecule has 0 bridgehead atoms. The zero-order valence-corrected chi connectivity index (χ0v) is 15.7. The Morgan fingerprint density at radius 1 is 1.11 bits per heavy atom. The highest BCUT2D eigenvalue weighted by molar-refractivity contribution is 5.97. The molecule has 0 unspecified atom stereocenters. The molecule has 0 fully saturated rings. The van der Waals surface area contributed by atoms with Crippen LogP contribution < -0.4 is 5.32 Å². The van der Waals surface area contributed by atoms with Gasteiger partial charge in [-0.1, -0.05) is 48.8 Å². The molecule has 3 aromatic rings. The Hall–Kier alpha value is -3.28. The number of nitrogens with zero attached hydrogens (tertiary/aromatic N) is 1. The number of nitrogens with one attached hydrogen (secondary N) is 1. The summed E-state index contributed by atoms with van der Waals surface area (Å²) in [7, 11) is 0. The first kappa shape index (κ1) is 18.5. The molecule has 6 heteroatoms. The molecule has 0 aliphatic carbocycles. The van der Waals surface area contributed by atoms with Crippen molar-refractivity contribution in [3.63, 3.8) is 0 Å². The molecule has 3 rings (SSSR count). The van der Waals surface area contributed by atoms with Crippen LogP contribution in [0.1, 0.15) is 37.8 Å². The van der Waals surface area contributed by atoms with E-state index < -0.39 is 0 Å². The lowest BCUT2D eigenvalue weighted by molar-refractivity contribution is -0.114. The van der Waals surface area contributed by atoms with Crippen molar-refractivity contribution < 1.29 is 19.5 Å². The van der Waals surface area contributed by atoms with E-state index in [-0.39, 0.29) is 29.2 Å². The number of anilines is 1. The number of carbonyl (C=O) groups excluding carboxylic acids is 1. The molecule has 0 spiro atoms. The summed E-state index contributed by atoms with van der Waals surface area (Å²) in [5.74, 6) is -0.126. The third-order valence-electron chi connectivity index (χ3n) is 4.34. The van der Waals surface area contributed by atoms with Crippen LogP contribution in [0.5, 0.6) is 11.5 Å². The van der Waals surface area contributed by atoms with Crippen LogP contribution >= 0.6 is 0 Å². The van der Waals surface area contributed by atoms with E-state index >= 15 is 0 Å². The highest BCUT2D eigenvalue weighted by Gasteiger charge is 2.24. The van der Waals surface area contributed by atoms with Crippen molar-refractivity contribution in [2.75, 3.05) is 5.32 Å². The molecule has 27 heavy (non-hydrogen) atoms. The van der Waals surface area contributed by atoms with Gasteiger partial charge in [-0.25, -0.2) is 0 Å². The first-order chi connectivity index (χ1) is 12.8. The van der Waals surface area contributed by atoms with E-state index in [0.29, 0.717) is 22.4 Å². The Bertz CT molecular complexity index is 988. The Morgan fingerprint density at radius 2 is 1.78 bits per heavy atom. The van der Waals surface area contributed by atoms with Crippen molar-refractivity contribution in [3.05, 3.63) is 47.5 Å². The quantitative estimate of drug-likeness (QED) is 0.616. The SMILES string of the molecule is CC(=O)Nc1onc(-c2cc(C(C)C)c(O)cc2O)c1-c1ccc(C)cc1. The number of hydrogen-bond donors (Lipinski definition) is 3. The van der Waals surface area contributed by atoms with Gasteiger partial charge in [0.2, 0.25) is 11.8 Å². The number of benzene rings is 2. The minimum Gasteiger partial charge on any atom is -0.508 e. The van der Waals surface area contributed by atoms with Crippen LogP contribution in [0.2, 0.25) is 0 Å². The largest absolute Gasteiger partial charge is 0.508 e. The fourth-order valence-electron chi connectivity index (χ4n) is 2.95. The number of rotatable bonds is 4. The van der Waals surface area contributed by atoms with Crippen molar-refractivity contribution >= 4 is 11.8 Å². The van der Waals surface area contributed by atoms with Gasteiger partial charge in [0.1, 0.15) is 17.2 Å². The van der Waals surface area contributed by atoms with E-state index in [4.69, 9.17) is 4.52 Å². The van der Waals surface area contributed by atoms with Gasteiger partial charge in [0.25, 0.3) is 0 Å². The number of carbonyl (C=O) groups is 1. The molecule has 1 amide bonds. The first-order valence-electron chi connectivity index (χ1n) is 8.68. The highest BCUT2D eigenvalue weighted by Crippen LogP contribution is 2.43. The predicted octanol–water partition coefficient (Wildman–Crippen LogP) is 4.81. The van der Waals surface area contributed by atoms with Crippen molar-refractivity contribution in [2.24, 2.45) is 0 Å². The highest BCUT2D eigenvalue weighted by atomic mass is 16.5. The monoisotopic (exact) mass is 366 g/mol. The average molecular weight is 366 g/mol. The molecule has 0 saturated heterocycles. The van der Waals surface area contributed by atoms with Crippen LogP contribution in [-0.2, 0) is 4.79 Å². The van der Waals surface area contributed by atoms with Crippen molar-refractivity contribution in [1.82, 2.24) is 5.16 Å². The van der Waals surface area contributed by atoms with Crippen LogP contribution in [-0.4, -0.2) is 21.3 Å². The van der Waals surface area contributed by atoms with Crippen molar-refractivity contribution in [2.45, 2.75) is 33.6 Å². The minimum atomic E-state index is -0.288. The van der Waals surface area contributed by atoms with Gasteiger partial charge in [0.05, 0.1) is 5.56 Å². The molecule has 0 aliphatic rings.